The lowest BCUT2D eigenvalue weighted by Crippen LogP contribution is -1.97. The van der Waals surface area contributed by atoms with Gasteiger partial charge in [0.25, 0.3) is 0 Å². The van der Waals surface area contributed by atoms with Crippen LogP contribution in [-0.4, -0.2) is 11.5 Å². The van der Waals surface area contributed by atoms with Crippen LogP contribution in [0.25, 0.3) is 0 Å². The minimum atomic E-state index is 0.515. The predicted molar refractivity (Wildman–Crippen MR) is 70.1 cm³/mol. The largest absolute Gasteiger partial charge is 0.486 e. The van der Waals surface area contributed by atoms with Gasteiger partial charge in [-0.15, -0.1) is 11.3 Å². The van der Waals surface area contributed by atoms with Crippen LogP contribution >= 0.6 is 22.9 Å². The van der Waals surface area contributed by atoms with Gasteiger partial charge in [-0.05, 0) is 24.3 Å². The molecule has 0 atom stereocenters. The van der Waals surface area contributed by atoms with E-state index in [0.717, 1.165) is 34.6 Å². The van der Waals surface area contributed by atoms with Crippen LogP contribution in [0.2, 0.25) is 5.02 Å². The van der Waals surface area contributed by atoms with Crippen molar-refractivity contribution in [3.63, 3.8) is 0 Å². The summed E-state index contributed by atoms with van der Waals surface area (Å²) in [6.07, 6.45) is 1.08. The fourth-order valence-electron chi connectivity index (χ4n) is 1.74. The molecule has 3 rings (SSSR count). The highest BCUT2D eigenvalue weighted by molar-refractivity contribution is 7.12. The normalized spacial score (nSPS) is 13.2. The molecule has 0 saturated heterocycles. The molecule has 0 fully saturated rings. The molecule has 1 aromatic heterocycles. The average Bonchev–Trinajstić information content (AvgIpc) is 2.88. The van der Waals surface area contributed by atoms with Crippen LogP contribution in [0, 0.1) is 0 Å². The molecule has 3 nitrogen and oxygen atoms in total. The molecule has 0 saturated carbocycles. The first kappa shape index (κ1) is 10.9. The molecule has 2 heterocycles. The van der Waals surface area contributed by atoms with Gasteiger partial charge < -0.3 is 10.1 Å². The van der Waals surface area contributed by atoms with E-state index in [9.17, 15) is 0 Å². The highest BCUT2D eigenvalue weighted by Gasteiger charge is 2.16. The maximum atomic E-state index is 5.81. The van der Waals surface area contributed by atoms with E-state index in [0.29, 0.717) is 6.61 Å². The Kier molecular flexibility index (Phi) is 2.91. The van der Waals surface area contributed by atoms with Crippen LogP contribution < -0.4 is 10.1 Å². The highest BCUT2D eigenvalue weighted by atomic mass is 35.5. The summed E-state index contributed by atoms with van der Waals surface area (Å²) in [4.78, 5) is 5.81. The van der Waals surface area contributed by atoms with Crippen molar-refractivity contribution in [1.82, 2.24) is 4.98 Å². The number of nitrogens with zero attached hydrogens (tertiary/aromatic N) is 1. The molecule has 2 aromatic rings. The third kappa shape index (κ3) is 2.37. The van der Waals surface area contributed by atoms with Crippen LogP contribution in [0.15, 0.2) is 24.3 Å². The lowest BCUT2D eigenvalue weighted by Gasteiger charge is -2.03. The zero-order valence-corrected chi connectivity index (χ0v) is 10.6. The van der Waals surface area contributed by atoms with Crippen molar-refractivity contribution in [3.8, 4) is 5.75 Å². The van der Waals surface area contributed by atoms with Gasteiger partial charge in [-0.25, -0.2) is 4.98 Å². The fraction of sp³-hybridized carbons (Fsp3) is 0.250. The standard InChI is InChI=1S/C12H11ClN2OS/c13-8-1-3-9(4-2-8)16-7-11-15-12-10(17-11)5-6-14-12/h1-4,14H,5-7H2. The Bertz CT molecular complexity index is 502. The summed E-state index contributed by atoms with van der Waals surface area (Å²) in [5.41, 5.74) is 0. The number of fused-ring (bicyclic) bond motifs is 1. The van der Waals surface area contributed by atoms with Crippen molar-refractivity contribution in [2.75, 3.05) is 11.9 Å². The second-order valence-electron chi connectivity index (χ2n) is 3.80. The first-order valence-electron chi connectivity index (χ1n) is 5.42. The summed E-state index contributed by atoms with van der Waals surface area (Å²) in [6.45, 7) is 1.52. The number of ether oxygens (including phenoxy) is 1. The van der Waals surface area contributed by atoms with Gasteiger partial charge >= 0.3 is 0 Å². The average molecular weight is 267 g/mol. The molecule has 0 unspecified atom stereocenters. The van der Waals surface area contributed by atoms with Crippen molar-refractivity contribution >= 4 is 28.8 Å². The SMILES string of the molecule is Clc1ccc(OCc2nc3c(s2)CCN3)cc1. The number of rotatable bonds is 3. The van der Waals surface area contributed by atoms with E-state index in [4.69, 9.17) is 16.3 Å². The Labute approximate surface area is 108 Å². The number of aromatic nitrogens is 1. The van der Waals surface area contributed by atoms with Crippen molar-refractivity contribution < 1.29 is 4.74 Å². The van der Waals surface area contributed by atoms with Gasteiger partial charge in [-0.1, -0.05) is 11.6 Å². The quantitative estimate of drug-likeness (QED) is 0.925. The summed E-state index contributed by atoms with van der Waals surface area (Å²) in [5, 5.41) is 4.98. The van der Waals surface area contributed by atoms with Crippen LogP contribution in [0.4, 0.5) is 5.82 Å². The molecular weight excluding hydrogens is 256 g/mol. The molecule has 0 aliphatic carbocycles. The number of anilines is 1. The number of benzene rings is 1. The Morgan fingerprint density at radius 2 is 2.18 bits per heavy atom. The maximum absolute atomic E-state index is 5.81. The second kappa shape index (κ2) is 4.55. The minimum Gasteiger partial charge on any atom is -0.486 e. The van der Waals surface area contributed by atoms with Crippen molar-refractivity contribution in [2.45, 2.75) is 13.0 Å². The summed E-state index contributed by atoms with van der Waals surface area (Å²) in [7, 11) is 0. The van der Waals surface area contributed by atoms with Crippen molar-refractivity contribution in [1.29, 1.82) is 0 Å². The molecule has 1 aliphatic heterocycles. The topological polar surface area (TPSA) is 34.1 Å². The lowest BCUT2D eigenvalue weighted by molar-refractivity contribution is 0.305. The van der Waals surface area contributed by atoms with E-state index in [1.807, 2.05) is 24.3 Å². The van der Waals surface area contributed by atoms with Gasteiger partial charge in [-0.3, -0.25) is 0 Å². The molecule has 5 heteroatoms. The molecule has 0 amide bonds. The summed E-state index contributed by atoms with van der Waals surface area (Å²) in [6, 6.07) is 7.37. The van der Waals surface area contributed by atoms with E-state index in [2.05, 4.69) is 10.3 Å². The van der Waals surface area contributed by atoms with Gasteiger partial charge in [0.15, 0.2) is 0 Å². The fourth-order valence-corrected chi connectivity index (χ4v) is 2.82. The van der Waals surface area contributed by atoms with Crippen LogP contribution in [-0.2, 0) is 13.0 Å². The molecule has 0 bridgehead atoms. The number of nitrogens with one attached hydrogen (secondary N) is 1. The van der Waals surface area contributed by atoms with Crippen LogP contribution in [0.1, 0.15) is 9.88 Å². The number of thiazole rings is 1. The van der Waals surface area contributed by atoms with E-state index in [-0.39, 0.29) is 0 Å². The first-order valence-corrected chi connectivity index (χ1v) is 6.61. The molecule has 1 aliphatic rings. The molecule has 0 spiro atoms. The zero-order chi connectivity index (χ0) is 11.7. The highest BCUT2D eigenvalue weighted by Crippen LogP contribution is 2.28. The van der Waals surface area contributed by atoms with Gasteiger partial charge in [0.05, 0.1) is 4.88 Å². The minimum absolute atomic E-state index is 0.515. The third-order valence-corrected chi connectivity index (χ3v) is 3.90. The monoisotopic (exact) mass is 266 g/mol. The number of hydrogen-bond acceptors (Lipinski definition) is 4. The molecular formula is C12H11ClN2OS. The van der Waals surface area contributed by atoms with Crippen LogP contribution in [0.3, 0.4) is 0 Å². The second-order valence-corrected chi connectivity index (χ2v) is 5.40. The van der Waals surface area contributed by atoms with Gasteiger partial charge in [0.2, 0.25) is 0 Å². The summed E-state index contributed by atoms with van der Waals surface area (Å²) in [5.74, 6) is 1.85. The lowest BCUT2D eigenvalue weighted by atomic mass is 10.3. The van der Waals surface area contributed by atoms with Crippen molar-refractivity contribution in [3.05, 3.63) is 39.2 Å². The Morgan fingerprint density at radius 3 is 2.94 bits per heavy atom. The van der Waals surface area contributed by atoms with E-state index in [1.165, 1.54) is 4.88 Å². The van der Waals surface area contributed by atoms with Gasteiger partial charge in [-0.2, -0.15) is 0 Å². The molecule has 0 radical (unpaired) electrons. The third-order valence-electron chi connectivity index (χ3n) is 2.56. The van der Waals surface area contributed by atoms with E-state index >= 15 is 0 Å². The van der Waals surface area contributed by atoms with E-state index in [1.54, 1.807) is 11.3 Å². The zero-order valence-electron chi connectivity index (χ0n) is 9.07. The van der Waals surface area contributed by atoms with Crippen molar-refractivity contribution in [2.24, 2.45) is 0 Å². The molecule has 17 heavy (non-hydrogen) atoms. The van der Waals surface area contributed by atoms with Gasteiger partial charge in [0.1, 0.15) is 23.2 Å². The Morgan fingerprint density at radius 1 is 1.35 bits per heavy atom. The molecule has 1 N–H and O–H groups in total. The predicted octanol–water partition coefficient (Wildman–Crippen LogP) is 3.34. The summed E-state index contributed by atoms with van der Waals surface area (Å²) >= 11 is 7.52. The van der Waals surface area contributed by atoms with Gasteiger partial charge in [0, 0.05) is 18.0 Å². The smallest absolute Gasteiger partial charge is 0.140 e. The summed E-state index contributed by atoms with van der Waals surface area (Å²) < 4.78 is 5.65. The molecule has 88 valence electrons. The van der Waals surface area contributed by atoms with Crippen LogP contribution in [0.5, 0.6) is 5.75 Å². The maximum Gasteiger partial charge on any atom is 0.140 e. The number of halogens is 1. The number of hydrogen-bond donors (Lipinski definition) is 1. The Balaban J connectivity index is 1.65. The van der Waals surface area contributed by atoms with E-state index < -0.39 is 0 Å². The molecule has 1 aromatic carbocycles. The Hall–Kier alpha value is -1.26. The first-order chi connectivity index (χ1) is 8.31.